The Morgan fingerprint density at radius 3 is 2.43 bits per heavy atom. The van der Waals surface area contributed by atoms with Gasteiger partial charge < -0.3 is 16.0 Å². The molecular formula is C17H23N4OY-. The van der Waals surface area contributed by atoms with Gasteiger partial charge in [0.1, 0.15) is 18.2 Å². The first-order chi connectivity index (χ1) is 10.6. The summed E-state index contributed by atoms with van der Waals surface area (Å²) < 4.78 is 5.80. The van der Waals surface area contributed by atoms with Crippen LogP contribution in [-0.4, -0.2) is 27.6 Å². The van der Waals surface area contributed by atoms with Crippen LogP contribution in [0.1, 0.15) is 38.8 Å². The van der Waals surface area contributed by atoms with Gasteiger partial charge in [-0.25, -0.2) is 4.98 Å². The number of hydrogen-bond acceptors (Lipinski definition) is 5. The molecule has 2 aromatic rings. The van der Waals surface area contributed by atoms with Crippen molar-refractivity contribution in [3.63, 3.8) is 0 Å². The summed E-state index contributed by atoms with van der Waals surface area (Å²) in [5, 5.41) is 3.33. The molecule has 2 rings (SSSR count). The Morgan fingerprint density at radius 2 is 1.83 bits per heavy atom. The zero-order valence-corrected chi connectivity index (χ0v) is 17.0. The van der Waals surface area contributed by atoms with Crippen LogP contribution in [-0.2, 0) is 32.7 Å². The Hall–Kier alpha value is -1.20. The second-order valence-electron chi connectivity index (χ2n) is 5.40. The minimum Gasteiger partial charge on any atom is -0.491 e. The Kier molecular flexibility index (Phi) is 8.49. The number of hydrogen-bond donors (Lipinski definition) is 1. The van der Waals surface area contributed by atoms with Gasteiger partial charge in [-0.1, -0.05) is 25.1 Å². The van der Waals surface area contributed by atoms with E-state index in [1.807, 2.05) is 51.1 Å². The van der Waals surface area contributed by atoms with E-state index >= 15 is 0 Å². The van der Waals surface area contributed by atoms with Crippen molar-refractivity contribution in [2.24, 2.45) is 0 Å². The largest absolute Gasteiger partial charge is 0.491 e. The Balaban J connectivity index is 0.00000264. The molecule has 1 atom stereocenters. The first kappa shape index (κ1) is 19.8. The van der Waals surface area contributed by atoms with E-state index < -0.39 is 0 Å². The third kappa shape index (κ3) is 6.44. The van der Waals surface area contributed by atoms with E-state index in [4.69, 9.17) is 4.74 Å². The fourth-order valence-corrected chi connectivity index (χ4v) is 1.93. The Morgan fingerprint density at radius 1 is 1.13 bits per heavy atom. The summed E-state index contributed by atoms with van der Waals surface area (Å²) in [5.74, 6) is 3.99. The van der Waals surface area contributed by atoms with E-state index in [2.05, 4.69) is 27.2 Å². The van der Waals surface area contributed by atoms with Crippen molar-refractivity contribution in [1.82, 2.24) is 15.0 Å². The van der Waals surface area contributed by atoms with Crippen LogP contribution >= 0.6 is 0 Å². The van der Waals surface area contributed by atoms with Crippen molar-refractivity contribution in [2.75, 3.05) is 11.9 Å². The van der Waals surface area contributed by atoms with Gasteiger partial charge in [-0.3, -0.25) is 4.98 Å². The van der Waals surface area contributed by atoms with Crippen LogP contribution in [0.4, 0.5) is 5.95 Å². The molecule has 0 saturated carbocycles. The average molecular weight is 388 g/mol. The van der Waals surface area contributed by atoms with Crippen LogP contribution in [0.5, 0.6) is 5.75 Å². The summed E-state index contributed by atoms with van der Waals surface area (Å²) in [4.78, 5) is 13.1. The number of nitrogens with one attached hydrogen (secondary N) is 1. The van der Waals surface area contributed by atoms with E-state index in [0.717, 1.165) is 23.9 Å². The molecule has 1 radical (unpaired) electrons. The normalized spacial score (nSPS) is 11.3. The van der Waals surface area contributed by atoms with Crippen LogP contribution in [0, 0.1) is 12.8 Å². The number of rotatable bonds is 7. The number of nitrogens with zero attached hydrogens (tertiary/aromatic N) is 3. The zero-order valence-electron chi connectivity index (χ0n) is 14.2. The predicted molar refractivity (Wildman–Crippen MR) is 87.9 cm³/mol. The quantitative estimate of drug-likeness (QED) is 0.737. The SMILES string of the molecule is CCC(COc1ccccc1)Nc1nc(C)nc([C-](C)C)n1.[Y]. The molecule has 1 heterocycles. The monoisotopic (exact) mass is 388 g/mol. The van der Waals surface area contributed by atoms with Crippen LogP contribution in [0.3, 0.4) is 0 Å². The van der Waals surface area contributed by atoms with Crippen molar-refractivity contribution in [2.45, 2.75) is 40.2 Å². The molecule has 0 amide bonds. The Bertz CT molecular complexity index is 592. The summed E-state index contributed by atoms with van der Waals surface area (Å²) in [6.07, 6.45) is 0.918. The van der Waals surface area contributed by atoms with E-state index in [-0.39, 0.29) is 38.8 Å². The number of benzene rings is 1. The van der Waals surface area contributed by atoms with Crippen LogP contribution < -0.4 is 10.1 Å². The van der Waals surface area contributed by atoms with Gasteiger partial charge >= 0.3 is 0 Å². The molecule has 0 bridgehead atoms. The molecule has 0 spiro atoms. The molecule has 1 aromatic heterocycles. The van der Waals surface area contributed by atoms with Crippen molar-refractivity contribution in [1.29, 1.82) is 0 Å². The fourth-order valence-electron chi connectivity index (χ4n) is 1.93. The maximum absolute atomic E-state index is 5.80. The summed E-state index contributed by atoms with van der Waals surface area (Å²) in [6.45, 7) is 8.54. The maximum atomic E-state index is 5.80. The van der Waals surface area contributed by atoms with Crippen molar-refractivity contribution in [3.8, 4) is 5.75 Å². The molecule has 0 saturated heterocycles. The standard InChI is InChI=1S/C17H23N4O.Y/c1-5-14(11-22-15-9-7-6-8-10-15)20-17-19-13(4)18-16(21-17)12(2)3;/h6-10,14H,5,11H2,1-4H3,(H,18,19,20,21);/q-1;. The molecule has 0 aliphatic heterocycles. The van der Waals surface area contributed by atoms with Crippen LogP contribution in [0.25, 0.3) is 0 Å². The third-order valence-electron chi connectivity index (χ3n) is 3.21. The second kappa shape index (κ2) is 9.83. The summed E-state index contributed by atoms with van der Waals surface area (Å²) in [6, 6.07) is 9.95. The van der Waals surface area contributed by atoms with E-state index in [0.29, 0.717) is 18.4 Å². The molecule has 1 aromatic carbocycles. The molecule has 0 aliphatic rings. The van der Waals surface area contributed by atoms with Gasteiger partial charge in [0.15, 0.2) is 0 Å². The van der Waals surface area contributed by atoms with E-state index in [1.54, 1.807) is 0 Å². The minimum absolute atomic E-state index is 0. The molecule has 121 valence electrons. The molecule has 0 fully saturated rings. The molecule has 23 heavy (non-hydrogen) atoms. The molecule has 1 N–H and O–H groups in total. The first-order valence-electron chi connectivity index (χ1n) is 7.56. The summed E-state index contributed by atoms with van der Waals surface area (Å²) >= 11 is 0. The second-order valence-corrected chi connectivity index (χ2v) is 5.40. The first-order valence-corrected chi connectivity index (χ1v) is 7.56. The smallest absolute Gasteiger partial charge is 0.223 e. The van der Waals surface area contributed by atoms with Crippen LogP contribution in [0.15, 0.2) is 30.3 Å². The summed E-state index contributed by atoms with van der Waals surface area (Å²) in [5.41, 5.74) is 0. The number of ether oxygens (including phenoxy) is 1. The average Bonchev–Trinajstić information content (AvgIpc) is 2.51. The van der Waals surface area contributed by atoms with E-state index in [1.165, 1.54) is 0 Å². The maximum Gasteiger partial charge on any atom is 0.223 e. The van der Waals surface area contributed by atoms with Crippen molar-refractivity contribution in [3.05, 3.63) is 47.9 Å². The number of aryl methyl sites for hydroxylation is 1. The zero-order chi connectivity index (χ0) is 15.9. The van der Waals surface area contributed by atoms with Gasteiger partial charge in [0.2, 0.25) is 5.95 Å². The molecule has 1 unspecified atom stereocenters. The molecule has 5 nitrogen and oxygen atoms in total. The van der Waals surface area contributed by atoms with Gasteiger partial charge in [0.05, 0.1) is 6.04 Å². The van der Waals surface area contributed by atoms with E-state index in [9.17, 15) is 0 Å². The molecular weight excluding hydrogens is 365 g/mol. The fraction of sp³-hybridized carbons (Fsp3) is 0.412. The summed E-state index contributed by atoms with van der Waals surface area (Å²) in [7, 11) is 0. The molecule has 6 heteroatoms. The van der Waals surface area contributed by atoms with Gasteiger partial charge in [0.25, 0.3) is 0 Å². The van der Waals surface area contributed by atoms with Crippen LogP contribution in [0.2, 0.25) is 0 Å². The Labute approximate surface area is 163 Å². The number of aromatic nitrogens is 3. The van der Waals surface area contributed by atoms with Gasteiger partial charge in [-0.2, -0.15) is 18.8 Å². The molecule has 0 aliphatic carbocycles. The van der Waals surface area contributed by atoms with Gasteiger partial charge in [-0.15, -0.1) is 0 Å². The van der Waals surface area contributed by atoms with Gasteiger partial charge in [0, 0.05) is 38.5 Å². The number of anilines is 1. The topological polar surface area (TPSA) is 59.9 Å². The minimum atomic E-state index is 0. The third-order valence-corrected chi connectivity index (χ3v) is 3.21. The van der Waals surface area contributed by atoms with Crippen molar-refractivity contribution < 1.29 is 37.4 Å². The van der Waals surface area contributed by atoms with Gasteiger partial charge in [-0.05, 0) is 25.5 Å². The van der Waals surface area contributed by atoms with Crippen molar-refractivity contribution >= 4 is 5.95 Å². The number of para-hydroxylation sites is 1. The predicted octanol–water partition coefficient (Wildman–Crippen LogP) is 3.41.